The number of hydrogen-bond donors (Lipinski definition) is 2. The maximum atomic E-state index is 13.0. The lowest BCUT2D eigenvalue weighted by Crippen LogP contribution is -2.25. The van der Waals surface area contributed by atoms with Gasteiger partial charge < -0.3 is 15.6 Å². The van der Waals surface area contributed by atoms with Gasteiger partial charge in [-0.05, 0) is 24.1 Å². The standard InChI is InChI=1S/C23H25N5O/c1-2-3-9-14-25-23(29)19-20-22(27-18-13-8-7-12-17(18)26-20)28(21(19)24)15-16-10-5-4-6-11-16/h4-8,10-13H,2-3,9,14-15,24H2,1H3,(H,25,29). The largest absolute Gasteiger partial charge is 0.384 e. The fourth-order valence-corrected chi connectivity index (χ4v) is 3.53. The number of carbonyl (C=O) groups excluding carboxylic acids is 1. The smallest absolute Gasteiger partial charge is 0.257 e. The molecule has 4 aromatic rings. The maximum Gasteiger partial charge on any atom is 0.257 e. The number of amides is 1. The molecule has 2 aromatic heterocycles. The van der Waals surface area contributed by atoms with Crippen molar-refractivity contribution in [1.29, 1.82) is 0 Å². The minimum absolute atomic E-state index is 0.194. The van der Waals surface area contributed by atoms with Gasteiger partial charge in [0.1, 0.15) is 16.9 Å². The topological polar surface area (TPSA) is 85.8 Å². The summed E-state index contributed by atoms with van der Waals surface area (Å²) in [4.78, 5) is 22.5. The van der Waals surface area contributed by atoms with Crippen LogP contribution in [-0.2, 0) is 6.54 Å². The first-order chi connectivity index (χ1) is 14.2. The molecule has 0 radical (unpaired) electrons. The molecule has 6 nitrogen and oxygen atoms in total. The van der Waals surface area contributed by atoms with E-state index in [1.54, 1.807) is 0 Å². The second kappa shape index (κ2) is 8.31. The quantitative estimate of drug-likeness (QED) is 0.467. The summed E-state index contributed by atoms with van der Waals surface area (Å²) in [6, 6.07) is 17.7. The van der Waals surface area contributed by atoms with Gasteiger partial charge in [0.2, 0.25) is 0 Å². The van der Waals surface area contributed by atoms with Crippen LogP contribution in [0.15, 0.2) is 54.6 Å². The number of unbranched alkanes of at least 4 members (excludes halogenated alkanes) is 2. The van der Waals surface area contributed by atoms with Crippen LogP contribution in [0.3, 0.4) is 0 Å². The minimum Gasteiger partial charge on any atom is -0.384 e. The van der Waals surface area contributed by atoms with Crippen LogP contribution in [0.2, 0.25) is 0 Å². The predicted molar refractivity (Wildman–Crippen MR) is 117 cm³/mol. The normalized spacial score (nSPS) is 11.2. The lowest BCUT2D eigenvalue weighted by atomic mass is 10.2. The van der Waals surface area contributed by atoms with Crippen LogP contribution in [0.4, 0.5) is 5.82 Å². The summed E-state index contributed by atoms with van der Waals surface area (Å²) >= 11 is 0. The SMILES string of the molecule is CCCCCNC(=O)c1c(N)n(Cc2ccccc2)c2nc3ccccc3nc12. The molecular formula is C23H25N5O. The summed E-state index contributed by atoms with van der Waals surface area (Å²) < 4.78 is 1.88. The molecule has 0 atom stereocenters. The number of hydrogen-bond acceptors (Lipinski definition) is 4. The van der Waals surface area contributed by atoms with Crippen molar-refractivity contribution in [1.82, 2.24) is 19.9 Å². The molecule has 0 aliphatic carbocycles. The third-order valence-corrected chi connectivity index (χ3v) is 5.07. The molecule has 0 aliphatic rings. The Labute approximate surface area is 169 Å². The third-order valence-electron chi connectivity index (χ3n) is 5.07. The average molecular weight is 387 g/mol. The molecule has 2 heterocycles. The van der Waals surface area contributed by atoms with Crippen molar-refractivity contribution in [3.05, 3.63) is 65.7 Å². The Bertz CT molecular complexity index is 1150. The molecule has 0 saturated carbocycles. The van der Waals surface area contributed by atoms with Gasteiger partial charge in [-0.15, -0.1) is 0 Å². The van der Waals surface area contributed by atoms with Gasteiger partial charge in [0.05, 0.1) is 17.6 Å². The van der Waals surface area contributed by atoms with Crippen molar-refractivity contribution in [3.8, 4) is 0 Å². The van der Waals surface area contributed by atoms with E-state index in [4.69, 9.17) is 15.7 Å². The maximum absolute atomic E-state index is 13.0. The Morgan fingerprint density at radius 3 is 2.41 bits per heavy atom. The van der Waals surface area contributed by atoms with Crippen molar-refractivity contribution in [2.24, 2.45) is 0 Å². The molecule has 29 heavy (non-hydrogen) atoms. The number of nitrogens with two attached hydrogens (primary N) is 1. The lowest BCUT2D eigenvalue weighted by molar-refractivity contribution is 0.0955. The average Bonchev–Trinajstić information content (AvgIpc) is 3.01. The highest BCUT2D eigenvalue weighted by Gasteiger charge is 2.23. The molecule has 148 valence electrons. The zero-order valence-electron chi connectivity index (χ0n) is 16.6. The Kier molecular flexibility index (Phi) is 5.42. The van der Waals surface area contributed by atoms with E-state index in [-0.39, 0.29) is 5.91 Å². The number of nitrogens with one attached hydrogen (secondary N) is 1. The van der Waals surface area contributed by atoms with E-state index in [1.165, 1.54) is 0 Å². The molecular weight excluding hydrogens is 362 g/mol. The monoisotopic (exact) mass is 387 g/mol. The minimum atomic E-state index is -0.194. The number of rotatable bonds is 7. The Hall–Kier alpha value is -3.41. The van der Waals surface area contributed by atoms with Gasteiger partial charge in [-0.3, -0.25) is 4.79 Å². The van der Waals surface area contributed by atoms with Crippen molar-refractivity contribution < 1.29 is 4.79 Å². The van der Waals surface area contributed by atoms with Crippen molar-refractivity contribution in [2.45, 2.75) is 32.7 Å². The van der Waals surface area contributed by atoms with E-state index >= 15 is 0 Å². The van der Waals surface area contributed by atoms with Crippen LogP contribution in [0.1, 0.15) is 42.1 Å². The first kappa shape index (κ1) is 18.9. The van der Waals surface area contributed by atoms with E-state index in [0.29, 0.717) is 35.6 Å². The van der Waals surface area contributed by atoms with Gasteiger partial charge in [0.25, 0.3) is 5.91 Å². The Balaban J connectivity index is 1.82. The zero-order chi connectivity index (χ0) is 20.2. The fourth-order valence-electron chi connectivity index (χ4n) is 3.53. The third kappa shape index (κ3) is 3.78. The zero-order valence-corrected chi connectivity index (χ0v) is 16.6. The lowest BCUT2D eigenvalue weighted by Gasteiger charge is -2.08. The van der Waals surface area contributed by atoms with Gasteiger partial charge in [-0.25, -0.2) is 9.97 Å². The highest BCUT2D eigenvalue weighted by molar-refractivity contribution is 6.10. The summed E-state index contributed by atoms with van der Waals surface area (Å²) in [5.74, 6) is 0.201. The molecule has 0 bridgehead atoms. The molecule has 0 spiro atoms. The van der Waals surface area contributed by atoms with Crippen LogP contribution in [-0.4, -0.2) is 27.0 Å². The number of nitrogens with zero attached hydrogens (tertiary/aromatic N) is 3. The summed E-state index contributed by atoms with van der Waals surface area (Å²) in [7, 11) is 0. The summed E-state index contributed by atoms with van der Waals surface area (Å²) in [6.07, 6.45) is 3.13. The van der Waals surface area contributed by atoms with Gasteiger partial charge >= 0.3 is 0 Å². The highest BCUT2D eigenvalue weighted by Crippen LogP contribution is 2.28. The summed E-state index contributed by atoms with van der Waals surface area (Å²) in [5, 5.41) is 2.99. The van der Waals surface area contributed by atoms with Gasteiger partial charge in [0.15, 0.2) is 5.65 Å². The second-order valence-electron chi connectivity index (χ2n) is 7.18. The van der Waals surface area contributed by atoms with E-state index in [2.05, 4.69) is 12.2 Å². The van der Waals surface area contributed by atoms with Crippen LogP contribution in [0.25, 0.3) is 22.2 Å². The first-order valence-electron chi connectivity index (χ1n) is 10.1. The molecule has 0 unspecified atom stereocenters. The van der Waals surface area contributed by atoms with Crippen LogP contribution in [0, 0.1) is 0 Å². The predicted octanol–water partition coefficient (Wildman–Crippen LogP) is 4.14. The molecule has 1 amide bonds. The van der Waals surface area contributed by atoms with Crippen molar-refractivity contribution >= 4 is 33.9 Å². The van der Waals surface area contributed by atoms with Crippen molar-refractivity contribution in [2.75, 3.05) is 12.3 Å². The molecule has 4 rings (SSSR count). The van der Waals surface area contributed by atoms with Gasteiger partial charge in [0, 0.05) is 6.54 Å². The van der Waals surface area contributed by atoms with E-state index in [0.717, 1.165) is 35.9 Å². The van der Waals surface area contributed by atoms with Crippen molar-refractivity contribution in [3.63, 3.8) is 0 Å². The highest BCUT2D eigenvalue weighted by atomic mass is 16.1. The molecule has 2 aromatic carbocycles. The summed E-state index contributed by atoms with van der Waals surface area (Å²) in [6.45, 7) is 3.29. The number of carbonyl (C=O) groups is 1. The second-order valence-corrected chi connectivity index (χ2v) is 7.18. The Morgan fingerprint density at radius 1 is 1.00 bits per heavy atom. The van der Waals surface area contributed by atoms with E-state index in [1.807, 2.05) is 59.2 Å². The molecule has 0 fully saturated rings. The van der Waals surface area contributed by atoms with Crippen LogP contribution < -0.4 is 11.1 Å². The van der Waals surface area contributed by atoms with Gasteiger partial charge in [-0.1, -0.05) is 62.2 Å². The Morgan fingerprint density at radius 2 is 1.69 bits per heavy atom. The number of benzene rings is 2. The number of anilines is 1. The number of aromatic nitrogens is 3. The molecule has 0 saturated heterocycles. The van der Waals surface area contributed by atoms with Gasteiger partial charge in [-0.2, -0.15) is 0 Å². The molecule has 3 N–H and O–H groups in total. The number of para-hydroxylation sites is 2. The number of fused-ring (bicyclic) bond motifs is 2. The molecule has 0 aliphatic heterocycles. The first-order valence-corrected chi connectivity index (χ1v) is 10.1. The molecule has 6 heteroatoms. The van der Waals surface area contributed by atoms with Crippen LogP contribution in [0.5, 0.6) is 0 Å². The number of nitrogen functional groups attached to an aromatic ring is 1. The fraction of sp³-hybridized carbons (Fsp3) is 0.261. The van der Waals surface area contributed by atoms with Crippen LogP contribution >= 0.6 is 0 Å². The van der Waals surface area contributed by atoms with E-state index < -0.39 is 0 Å². The summed E-state index contributed by atoms with van der Waals surface area (Å²) in [5.41, 5.74) is 10.7. The van der Waals surface area contributed by atoms with E-state index in [9.17, 15) is 4.79 Å².